The van der Waals surface area contributed by atoms with E-state index in [2.05, 4.69) is 9.97 Å². The minimum absolute atomic E-state index is 0.163. The summed E-state index contributed by atoms with van der Waals surface area (Å²) in [6.45, 7) is 5.89. The molecule has 0 aliphatic carbocycles. The number of nitrogens with zero attached hydrogens (tertiary/aromatic N) is 2. The molecule has 1 aromatic rings. The molecule has 1 aromatic heterocycles. The van der Waals surface area contributed by atoms with E-state index in [0.29, 0.717) is 11.5 Å². The van der Waals surface area contributed by atoms with Gasteiger partial charge in [0.1, 0.15) is 11.8 Å². The Morgan fingerprint density at radius 3 is 2.53 bits per heavy atom. The van der Waals surface area contributed by atoms with Gasteiger partial charge in [-0.05, 0) is 18.9 Å². The monoisotopic (exact) mass is 208 g/mol. The molecule has 15 heavy (non-hydrogen) atoms. The van der Waals surface area contributed by atoms with Gasteiger partial charge in [0.15, 0.2) is 12.1 Å². The van der Waals surface area contributed by atoms with Crippen LogP contribution in [0.5, 0.6) is 0 Å². The number of carbonyl (C=O) groups excluding carboxylic acids is 1. The fourth-order valence-corrected chi connectivity index (χ4v) is 1.48. The number of rotatable bonds is 4. The number of hydrogen-bond acceptors (Lipinski definition) is 4. The Hall–Kier alpha value is -1.29. The summed E-state index contributed by atoms with van der Waals surface area (Å²) < 4.78 is 5.31. The van der Waals surface area contributed by atoms with Crippen molar-refractivity contribution in [3.8, 4) is 0 Å². The maximum Gasteiger partial charge on any atom is 0.168 e. The van der Waals surface area contributed by atoms with E-state index in [4.69, 9.17) is 4.74 Å². The molecule has 0 aromatic carbocycles. The number of aldehydes is 1. The second-order valence-electron chi connectivity index (χ2n) is 3.81. The van der Waals surface area contributed by atoms with E-state index in [0.717, 1.165) is 12.0 Å². The van der Waals surface area contributed by atoms with Crippen LogP contribution in [0.2, 0.25) is 0 Å². The van der Waals surface area contributed by atoms with Crippen molar-refractivity contribution in [1.82, 2.24) is 9.97 Å². The number of aryl methyl sites for hydroxylation is 1. The Morgan fingerprint density at radius 1 is 1.40 bits per heavy atom. The van der Waals surface area contributed by atoms with Crippen LogP contribution in [0.25, 0.3) is 0 Å². The Bertz CT molecular complexity index is 350. The fourth-order valence-electron chi connectivity index (χ4n) is 1.48. The molecular formula is C11H16N2O2. The number of aromatic nitrogens is 2. The van der Waals surface area contributed by atoms with Crippen LogP contribution in [0.15, 0.2) is 6.07 Å². The summed E-state index contributed by atoms with van der Waals surface area (Å²) >= 11 is 0. The second kappa shape index (κ2) is 4.98. The highest BCUT2D eigenvalue weighted by molar-refractivity contribution is 5.71. The molecule has 4 nitrogen and oxygen atoms in total. The maximum absolute atomic E-state index is 10.7. The van der Waals surface area contributed by atoms with Gasteiger partial charge < -0.3 is 4.74 Å². The molecule has 0 spiro atoms. The third kappa shape index (κ3) is 2.83. The molecule has 0 saturated heterocycles. The van der Waals surface area contributed by atoms with E-state index in [1.165, 1.54) is 0 Å². The Balaban J connectivity index is 3.11. The van der Waals surface area contributed by atoms with Crippen molar-refractivity contribution in [3.63, 3.8) is 0 Å². The summed E-state index contributed by atoms with van der Waals surface area (Å²) in [4.78, 5) is 19.1. The summed E-state index contributed by atoms with van der Waals surface area (Å²) in [5, 5.41) is 0. The van der Waals surface area contributed by atoms with Crippen LogP contribution in [0.1, 0.15) is 42.0 Å². The highest BCUT2D eigenvalue weighted by atomic mass is 16.5. The van der Waals surface area contributed by atoms with Gasteiger partial charge >= 0.3 is 0 Å². The van der Waals surface area contributed by atoms with E-state index in [-0.39, 0.29) is 12.0 Å². The molecule has 4 heteroatoms. The van der Waals surface area contributed by atoms with E-state index in [9.17, 15) is 4.79 Å². The molecule has 0 aliphatic heterocycles. The van der Waals surface area contributed by atoms with Gasteiger partial charge in [0.25, 0.3) is 0 Å². The lowest BCUT2D eigenvalue weighted by molar-refractivity contribution is 0.0571. The summed E-state index contributed by atoms with van der Waals surface area (Å²) in [5.41, 5.74) is 1.19. The van der Waals surface area contributed by atoms with Crippen molar-refractivity contribution in [2.75, 3.05) is 7.11 Å². The Kier molecular flexibility index (Phi) is 3.91. The van der Waals surface area contributed by atoms with Gasteiger partial charge in [0.05, 0.1) is 0 Å². The zero-order chi connectivity index (χ0) is 11.4. The number of methoxy groups -OCH3 is 1. The molecule has 82 valence electrons. The molecule has 1 unspecified atom stereocenters. The highest BCUT2D eigenvalue weighted by Crippen LogP contribution is 2.21. The molecule has 1 atom stereocenters. The quantitative estimate of drug-likeness (QED) is 0.709. The molecule has 1 heterocycles. The first kappa shape index (κ1) is 11.8. The molecule has 0 bridgehead atoms. The summed E-state index contributed by atoms with van der Waals surface area (Å²) in [6, 6.07) is 1.66. The van der Waals surface area contributed by atoms with Crippen LogP contribution in [0.3, 0.4) is 0 Å². The summed E-state index contributed by atoms with van der Waals surface area (Å²) in [6.07, 6.45) is 0.564. The van der Waals surface area contributed by atoms with Gasteiger partial charge in [0.2, 0.25) is 0 Å². The average Bonchev–Trinajstić information content (AvgIpc) is 2.17. The van der Waals surface area contributed by atoms with Crippen LogP contribution in [0, 0.1) is 12.8 Å². The van der Waals surface area contributed by atoms with Crippen molar-refractivity contribution in [2.45, 2.75) is 26.9 Å². The number of carbonyl (C=O) groups is 1. The predicted molar refractivity (Wildman–Crippen MR) is 56.7 cm³/mol. The van der Waals surface area contributed by atoms with Gasteiger partial charge in [-0.3, -0.25) is 4.79 Å². The molecular weight excluding hydrogens is 192 g/mol. The van der Waals surface area contributed by atoms with Crippen LogP contribution < -0.4 is 0 Å². The first-order valence-corrected chi connectivity index (χ1v) is 4.92. The first-order valence-electron chi connectivity index (χ1n) is 4.92. The smallest absolute Gasteiger partial charge is 0.168 e. The third-order valence-corrected chi connectivity index (χ3v) is 2.13. The zero-order valence-corrected chi connectivity index (χ0v) is 9.52. The number of hydrogen-bond donors (Lipinski definition) is 0. The van der Waals surface area contributed by atoms with Gasteiger partial charge in [-0.2, -0.15) is 0 Å². The standard InChI is InChI=1S/C11H16N2O2/c1-7(2)10(15-4)11-12-8(3)5-9(6-14)13-11/h5-7,10H,1-4H3. The van der Waals surface area contributed by atoms with Crippen molar-refractivity contribution in [3.05, 3.63) is 23.3 Å². The van der Waals surface area contributed by atoms with Gasteiger partial charge in [-0.1, -0.05) is 13.8 Å². The van der Waals surface area contributed by atoms with Gasteiger partial charge in [-0.25, -0.2) is 9.97 Å². The largest absolute Gasteiger partial charge is 0.373 e. The lowest BCUT2D eigenvalue weighted by Crippen LogP contribution is -2.14. The second-order valence-corrected chi connectivity index (χ2v) is 3.81. The van der Waals surface area contributed by atoms with E-state index in [1.807, 2.05) is 20.8 Å². The fraction of sp³-hybridized carbons (Fsp3) is 0.545. The van der Waals surface area contributed by atoms with Crippen molar-refractivity contribution >= 4 is 6.29 Å². The van der Waals surface area contributed by atoms with Gasteiger partial charge in [0, 0.05) is 12.8 Å². The average molecular weight is 208 g/mol. The first-order chi connectivity index (χ1) is 7.08. The van der Waals surface area contributed by atoms with Crippen LogP contribution in [-0.2, 0) is 4.74 Å². The predicted octanol–water partition coefficient (Wildman–Crippen LogP) is 1.94. The van der Waals surface area contributed by atoms with Gasteiger partial charge in [-0.15, -0.1) is 0 Å². The molecule has 0 radical (unpaired) electrons. The van der Waals surface area contributed by atoms with E-state index >= 15 is 0 Å². The topological polar surface area (TPSA) is 52.1 Å². The third-order valence-electron chi connectivity index (χ3n) is 2.13. The SMILES string of the molecule is COC(c1nc(C)cc(C=O)n1)C(C)C. The van der Waals surface area contributed by atoms with E-state index < -0.39 is 0 Å². The molecule has 1 rings (SSSR count). The molecule has 0 aliphatic rings. The Morgan fingerprint density at radius 2 is 2.07 bits per heavy atom. The molecule has 0 fully saturated rings. The molecule has 0 saturated carbocycles. The summed E-state index contributed by atoms with van der Waals surface area (Å²) in [7, 11) is 1.62. The summed E-state index contributed by atoms with van der Waals surface area (Å²) in [5.74, 6) is 0.853. The molecule has 0 amide bonds. The number of ether oxygens (including phenoxy) is 1. The normalized spacial score (nSPS) is 12.9. The van der Waals surface area contributed by atoms with Crippen molar-refractivity contribution < 1.29 is 9.53 Å². The van der Waals surface area contributed by atoms with E-state index in [1.54, 1.807) is 13.2 Å². The lowest BCUT2D eigenvalue weighted by atomic mass is 10.1. The van der Waals surface area contributed by atoms with Crippen LogP contribution >= 0.6 is 0 Å². The van der Waals surface area contributed by atoms with Crippen molar-refractivity contribution in [1.29, 1.82) is 0 Å². The maximum atomic E-state index is 10.7. The zero-order valence-electron chi connectivity index (χ0n) is 9.52. The molecule has 0 N–H and O–H groups in total. The van der Waals surface area contributed by atoms with Crippen LogP contribution in [-0.4, -0.2) is 23.4 Å². The minimum Gasteiger partial charge on any atom is -0.373 e. The Labute approximate surface area is 89.7 Å². The van der Waals surface area contributed by atoms with Crippen LogP contribution in [0.4, 0.5) is 0 Å². The lowest BCUT2D eigenvalue weighted by Gasteiger charge is -2.18. The minimum atomic E-state index is -0.163. The van der Waals surface area contributed by atoms with Crippen molar-refractivity contribution in [2.24, 2.45) is 5.92 Å². The highest BCUT2D eigenvalue weighted by Gasteiger charge is 2.18.